The maximum atomic E-state index is 13.8. The van der Waals surface area contributed by atoms with E-state index in [9.17, 15) is 13.2 Å². The van der Waals surface area contributed by atoms with E-state index in [1.807, 2.05) is 6.92 Å². The van der Waals surface area contributed by atoms with Crippen molar-refractivity contribution in [1.29, 1.82) is 0 Å². The van der Waals surface area contributed by atoms with Crippen molar-refractivity contribution < 1.29 is 8.42 Å². The molecular formula is C26H34N8O3S. The average molecular weight is 539 g/mol. The molecule has 0 radical (unpaired) electrons. The largest absolute Gasteiger partial charge is 0.365 e. The Balaban J connectivity index is 1.35. The van der Waals surface area contributed by atoms with Gasteiger partial charge in [0.2, 0.25) is 10.0 Å². The highest BCUT2D eigenvalue weighted by Gasteiger charge is 2.34. The third-order valence-corrected chi connectivity index (χ3v) is 10.0. The van der Waals surface area contributed by atoms with Crippen LogP contribution in [0.2, 0.25) is 0 Å². The highest BCUT2D eigenvalue weighted by atomic mass is 32.2. The van der Waals surface area contributed by atoms with Gasteiger partial charge in [0.05, 0.1) is 28.9 Å². The van der Waals surface area contributed by atoms with Crippen molar-refractivity contribution >= 4 is 27.0 Å². The van der Waals surface area contributed by atoms with Gasteiger partial charge in [0.25, 0.3) is 5.56 Å². The van der Waals surface area contributed by atoms with Crippen molar-refractivity contribution in [3.05, 3.63) is 34.3 Å². The van der Waals surface area contributed by atoms with Crippen LogP contribution in [0.3, 0.4) is 0 Å². The summed E-state index contributed by atoms with van der Waals surface area (Å²) < 4.78 is 27.8. The molecule has 11 nitrogen and oxygen atoms in total. The Morgan fingerprint density at radius 3 is 2.61 bits per heavy atom. The van der Waals surface area contributed by atoms with Crippen LogP contribution in [-0.2, 0) is 10.0 Å². The van der Waals surface area contributed by atoms with Crippen LogP contribution in [0.4, 0.5) is 5.82 Å². The minimum atomic E-state index is -3.21. The van der Waals surface area contributed by atoms with Gasteiger partial charge in [-0.2, -0.15) is 0 Å². The third-order valence-electron chi connectivity index (χ3n) is 8.16. The van der Waals surface area contributed by atoms with E-state index in [-0.39, 0.29) is 29.1 Å². The number of aryl methyl sites for hydroxylation is 1. The molecule has 2 atom stereocenters. The maximum absolute atomic E-state index is 13.8. The fourth-order valence-electron chi connectivity index (χ4n) is 5.48. The third kappa shape index (κ3) is 4.68. The Kier molecular flexibility index (Phi) is 6.42. The number of anilines is 1. The molecule has 0 bridgehead atoms. The summed E-state index contributed by atoms with van der Waals surface area (Å²) in [7, 11) is -3.21. The second kappa shape index (κ2) is 9.64. The van der Waals surface area contributed by atoms with Crippen LogP contribution in [0.5, 0.6) is 0 Å². The van der Waals surface area contributed by atoms with E-state index in [0.29, 0.717) is 48.5 Å². The second-order valence-electron chi connectivity index (χ2n) is 10.9. The molecule has 1 N–H and O–H groups in total. The molecule has 1 aliphatic heterocycles. The Morgan fingerprint density at radius 1 is 1.11 bits per heavy atom. The van der Waals surface area contributed by atoms with Gasteiger partial charge in [0.15, 0.2) is 17.3 Å². The molecule has 2 saturated carbocycles. The molecule has 3 aromatic heterocycles. The van der Waals surface area contributed by atoms with Crippen molar-refractivity contribution in [2.75, 3.05) is 30.7 Å². The number of fused-ring (bicyclic) bond motifs is 1. The van der Waals surface area contributed by atoms with Gasteiger partial charge >= 0.3 is 0 Å². The van der Waals surface area contributed by atoms with Crippen LogP contribution in [-0.4, -0.2) is 67.6 Å². The lowest BCUT2D eigenvalue weighted by atomic mass is 10.1. The Bertz CT molecular complexity index is 1550. The lowest BCUT2D eigenvalue weighted by Crippen LogP contribution is -2.32. The van der Waals surface area contributed by atoms with Crippen LogP contribution in [0.1, 0.15) is 69.3 Å². The molecule has 3 fully saturated rings. The zero-order valence-corrected chi connectivity index (χ0v) is 22.9. The van der Waals surface area contributed by atoms with Gasteiger partial charge in [-0.15, -0.1) is 0 Å². The van der Waals surface area contributed by atoms with Crippen LogP contribution < -0.4 is 10.9 Å². The molecule has 0 amide bonds. The normalized spacial score (nSPS) is 21.2. The standard InChI is InChI=1S/C26H34N8O3S/c1-4-38(36,37)33-10-9-17(13-33)11-27-24-26(35)34(16(3)18-5-6-18)25-20(31-24)12-28-23(32-25)21-15(2)29-14-30-22(21)19-7-8-19/h12,14,16-19H,4-11,13H2,1-3H3,(H,27,31)/t16-,17+/m0/s1. The quantitative estimate of drug-likeness (QED) is 0.436. The monoisotopic (exact) mass is 538 g/mol. The van der Waals surface area contributed by atoms with Crippen molar-refractivity contribution in [3.63, 3.8) is 0 Å². The van der Waals surface area contributed by atoms with Gasteiger partial charge in [-0.25, -0.2) is 37.6 Å². The van der Waals surface area contributed by atoms with E-state index in [1.54, 1.807) is 28.3 Å². The van der Waals surface area contributed by atoms with Crippen molar-refractivity contribution in [2.45, 2.75) is 64.8 Å². The van der Waals surface area contributed by atoms with E-state index in [4.69, 9.17) is 4.98 Å². The van der Waals surface area contributed by atoms with Crippen LogP contribution >= 0.6 is 0 Å². The molecule has 2 aliphatic carbocycles. The highest BCUT2D eigenvalue weighted by molar-refractivity contribution is 7.89. The molecule has 12 heteroatoms. The second-order valence-corrected chi connectivity index (χ2v) is 13.2. The Morgan fingerprint density at radius 2 is 1.89 bits per heavy atom. The minimum absolute atomic E-state index is 0.0241. The van der Waals surface area contributed by atoms with E-state index in [0.717, 1.165) is 49.1 Å². The van der Waals surface area contributed by atoms with Crippen LogP contribution in [0, 0.1) is 18.8 Å². The summed E-state index contributed by atoms with van der Waals surface area (Å²) in [6.07, 6.45) is 8.39. The number of aromatic nitrogens is 6. The van der Waals surface area contributed by atoms with Crippen molar-refractivity contribution in [1.82, 2.24) is 33.8 Å². The van der Waals surface area contributed by atoms with Crippen molar-refractivity contribution in [2.24, 2.45) is 11.8 Å². The van der Waals surface area contributed by atoms with Gasteiger partial charge in [-0.3, -0.25) is 9.36 Å². The highest BCUT2D eigenvalue weighted by Crippen LogP contribution is 2.43. The molecule has 0 spiro atoms. The first-order chi connectivity index (χ1) is 18.3. The van der Waals surface area contributed by atoms with Gasteiger partial charge in [-0.05, 0) is 64.7 Å². The van der Waals surface area contributed by atoms with E-state index in [1.165, 1.54) is 0 Å². The molecule has 6 rings (SSSR count). The predicted octanol–water partition coefficient (Wildman–Crippen LogP) is 2.88. The summed E-state index contributed by atoms with van der Waals surface area (Å²) in [6, 6.07) is -0.0241. The number of nitrogens with one attached hydrogen (secondary N) is 1. The van der Waals surface area contributed by atoms with E-state index < -0.39 is 10.0 Å². The number of sulfonamides is 1. The summed E-state index contributed by atoms with van der Waals surface area (Å²) in [6.45, 7) is 7.12. The number of hydrogen-bond acceptors (Lipinski definition) is 9. The summed E-state index contributed by atoms with van der Waals surface area (Å²) in [5, 5.41) is 3.24. The zero-order valence-electron chi connectivity index (χ0n) is 22.1. The van der Waals surface area contributed by atoms with Gasteiger partial charge < -0.3 is 5.32 Å². The first-order valence-electron chi connectivity index (χ1n) is 13.6. The lowest BCUT2D eigenvalue weighted by Gasteiger charge is -2.20. The van der Waals surface area contributed by atoms with E-state index >= 15 is 0 Å². The topological polar surface area (TPSA) is 136 Å². The minimum Gasteiger partial charge on any atom is -0.365 e. The zero-order chi connectivity index (χ0) is 26.6. The van der Waals surface area contributed by atoms with Gasteiger partial charge in [-0.1, -0.05) is 0 Å². The van der Waals surface area contributed by atoms with E-state index in [2.05, 4.69) is 32.2 Å². The van der Waals surface area contributed by atoms with Crippen LogP contribution in [0.25, 0.3) is 22.6 Å². The maximum Gasteiger partial charge on any atom is 0.295 e. The first-order valence-corrected chi connectivity index (χ1v) is 15.2. The predicted molar refractivity (Wildman–Crippen MR) is 144 cm³/mol. The summed E-state index contributed by atoms with van der Waals surface area (Å²) >= 11 is 0. The molecule has 202 valence electrons. The lowest BCUT2D eigenvalue weighted by molar-refractivity contribution is 0.462. The summed E-state index contributed by atoms with van der Waals surface area (Å²) in [5.74, 6) is 1.83. The summed E-state index contributed by atoms with van der Waals surface area (Å²) in [5.41, 5.74) is 3.52. The fourth-order valence-corrected chi connectivity index (χ4v) is 6.67. The molecule has 1 saturated heterocycles. The molecule has 0 aromatic carbocycles. The first kappa shape index (κ1) is 25.3. The molecule has 38 heavy (non-hydrogen) atoms. The molecule has 0 unspecified atom stereocenters. The SMILES string of the molecule is CCS(=O)(=O)N1CC[C@H](CNc2nc3cnc(-c4c(C)ncnc4C4CC4)nc3n([C@@H](C)C3CC3)c2=O)C1. The van der Waals surface area contributed by atoms with Crippen LogP contribution in [0.15, 0.2) is 17.3 Å². The Labute approximate surface area is 222 Å². The summed E-state index contributed by atoms with van der Waals surface area (Å²) in [4.78, 5) is 36.9. The number of rotatable bonds is 9. The van der Waals surface area contributed by atoms with Gasteiger partial charge in [0, 0.05) is 31.6 Å². The molecular weight excluding hydrogens is 504 g/mol. The average Bonchev–Trinajstić information content (AvgIpc) is 3.84. The fraction of sp³-hybridized carbons (Fsp3) is 0.615. The molecule has 3 aromatic rings. The van der Waals surface area contributed by atoms with Crippen molar-refractivity contribution in [3.8, 4) is 11.4 Å². The smallest absolute Gasteiger partial charge is 0.295 e. The molecule has 3 aliphatic rings. The molecule has 4 heterocycles. The Hall–Kier alpha value is -2.99. The van der Waals surface area contributed by atoms with Gasteiger partial charge in [0.1, 0.15) is 11.8 Å². The number of nitrogens with zero attached hydrogens (tertiary/aromatic N) is 7. The number of hydrogen-bond donors (Lipinski definition) is 1.